The molecule has 0 amide bonds. The summed E-state index contributed by atoms with van der Waals surface area (Å²) in [4.78, 5) is 2.59. The number of likely N-dealkylation sites (tertiary alicyclic amines) is 1. The Bertz CT molecular complexity index is 542. The van der Waals surface area contributed by atoms with Gasteiger partial charge in [0.25, 0.3) is 0 Å². The zero-order valence-electron chi connectivity index (χ0n) is 14.0. The molecule has 122 valence electrons. The Labute approximate surface area is 140 Å². The molecule has 1 aliphatic heterocycles. The van der Waals surface area contributed by atoms with E-state index in [4.69, 9.17) is 0 Å². The van der Waals surface area contributed by atoms with Crippen molar-refractivity contribution in [3.8, 4) is 0 Å². The van der Waals surface area contributed by atoms with Crippen molar-refractivity contribution >= 4 is 0 Å². The molecule has 2 heteroatoms. The minimum absolute atomic E-state index is 0.845. The summed E-state index contributed by atoms with van der Waals surface area (Å²) in [5.74, 6) is 0.845. The van der Waals surface area contributed by atoms with Crippen LogP contribution in [0.15, 0.2) is 60.7 Å². The van der Waals surface area contributed by atoms with Gasteiger partial charge in [0.2, 0.25) is 0 Å². The maximum absolute atomic E-state index is 3.65. The van der Waals surface area contributed by atoms with Gasteiger partial charge in [-0.15, -0.1) is 0 Å². The van der Waals surface area contributed by atoms with E-state index >= 15 is 0 Å². The van der Waals surface area contributed by atoms with Gasteiger partial charge in [0, 0.05) is 6.54 Å². The van der Waals surface area contributed by atoms with E-state index in [0.717, 1.165) is 25.4 Å². The Balaban J connectivity index is 1.30. The third kappa shape index (κ3) is 5.49. The standard InChI is InChI=1S/C21H28N2/c1-3-7-19(8-4-1)11-14-22-17-20-12-15-23(16-13-20)18-21-9-5-2-6-10-21/h1-10,20,22H,11-18H2. The van der Waals surface area contributed by atoms with Gasteiger partial charge in [-0.1, -0.05) is 60.7 Å². The topological polar surface area (TPSA) is 15.3 Å². The molecule has 0 aliphatic carbocycles. The molecule has 1 fully saturated rings. The van der Waals surface area contributed by atoms with Crippen molar-refractivity contribution in [3.05, 3.63) is 71.8 Å². The molecule has 0 atom stereocenters. The van der Waals surface area contributed by atoms with Crippen LogP contribution in [0, 0.1) is 5.92 Å². The fraction of sp³-hybridized carbons (Fsp3) is 0.429. The highest BCUT2D eigenvalue weighted by molar-refractivity contribution is 5.15. The average molecular weight is 308 g/mol. The van der Waals surface area contributed by atoms with Crippen molar-refractivity contribution in [3.63, 3.8) is 0 Å². The van der Waals surface area contributed by atoms with Gasteiger partial charge in [0.15, 0.2) is 0 Å². The minimum atomic E-state index is 0.845. The quantitative estimate of drug-likeness (QED) is 0.784. The molecular formula is C21H28N2. The van der Waals surface area contributed by atoms with E-state index in [1.807, 2.05) is 0 Å². The van der Waals surface area contributed by atoms with Crippen molar-refractivity contribution < 1.29 is 0 Å². The third-order valence-corrected chi connectivity index (χ3v) is 4.82. The minimum Gasteiger partial charge on any atom is -0.316 e. The first kappa shape index (κ1) is 16.2. The van der Waals surface area contributed by atoms with Crippen LogP contribution in [0.3, 0.4) is 0 Å². The molecule has 2 aromatic rings. The lowest BCUT2D eigenvalue weighted by Gasteiger charge is -2.32. The molecule has 1 heterocycles. The molecule has 0 radical (unpaired) electrons. The third-order valence-electron chi connectivity index (χ3n) is 4.82. The van der Waals surface area contributed by atoms with Gasteiger partial charge >= 0.3 is 0 Å². The lowest BCUT2D eigenvalue weighted by atomic mass is 9.96. The van der Waals surface area contributed by atoms with Gasteiger partial charge in [-0.3, -0.25) is 4.90 Å². The van der Waals surface area contributed by atoms with Crippen molar-refractivity contribution in [2.75, 3.05) is 26.2 Å². The molecule has 0 saturated carbocycles. The predicted octanol–water partition coefficient (Wildman–Crippen LogP) is 3.73. The summed E-state index contributed by atoms with van der Waals surface area (Å²) in [5, 5.41) is 3.65. The van der Waals surface area contributed by atoms with Gasteiger partial charge < -0.3 is 5.32 Å². The van der Waals surface area contributed by atoms with Crippen LogP contribution in [0.1, 0.15) is 24.0 Å². The smallest absolute Gasteiger partial charge is 0.0233 e. The number of nitrogens with zero attached hydrogens (tertiary/aromatic N) is 1. The average Bonchev–Trinajstić information content (AvgIpc) is 2.62. The van der Waals surface area contributed by atoms with Crippen LogP contribution in [-0.2, 0) is 13.0 Å². The zero-order chi connectivity index (χ0) is 15.7. The first-order valence-electron chi connectivity index (χ1n) is 8.91. The first-order chi connectivity index (χ1) is 11.4. The van der Waals surface area contributed by atoms with E-state index in [2.05, 4.69) is 70.9 Å². The van der Waals surface area contributed by atoms with E-state index in [-0.39, 0.29) is 0 Å². The fourth-order valence-electron chi connectivity index (χ4n) is 3.37. The normalized spacial score (nSPS) is 16.5. The molecular weight excluding hydrogens is 280 g/mol. The van der Waals surface area contributed by atoms with Crippen LogP contribution in [0.2, 0.25) is 0 Å². The Kier molecular flexibility index (Phi) is 6.25. The van der Waals surface area contributed by atoms with Gasteiger partial charge in [-0.05, 0) is 62.5 Å². The highest BCUT2D eigenvalue weighted by Gasteiger charge is 2.18. The molecule has 0 bridgehead atoms. The number of rotatable bonds is 7. The molecule has 23 heavy (non-hydrogen) atoms. The summed E-state index contributed by atoms with van der Waals surface area (Å²) >= 11 is 0. The number of hydrogen-bond acceptors (Lipinski definition) is 2. The lowest BCUT2D eigenvalue weighted by Crippen LogP contribution is -2.37. The van der Waals surface area contributed by atoms with Crippen LogP contribution in [0.25, 0.3) is 0 Å². The van der Waals surface area contributed by atoms with Crippen molar-refractivity contribution in [1.82, 2.24) is 10.2 Å². The van der Waals surface area contributed by atoms with Crippen LogP contribution in [-0.4, -0.2) is 31.1 Å². The van der Waals surface area contributed by atoms with E-state index in [0.29, 0.717) is 0 Å². The van der Waals surface area contributed by atoms with Crippen molar-refractivity contribution in [2.45, 2.75) is 25.8 Å². The molecule has 1 aliphatic rings. The number of nitrogens with one attached hydrogen (secondary N) is 1. The zero-order valence-corrected chi connectivity index (χ0v) is 14.0. The number of piperidine rings is 1. The van der Waals surface area contributed by atoms with Gasteiger partial charge in [-0.25, -0.2) is 0 Å². The second-order valence-electron chi connectivity index (χ2n) is 6.64. The Morgan fingerprint density at radius 2 is 1.43 bits per heavy atom. The van der Waals surface area contributed by atoms with Crippen molar-refractivity contribution in [1.29, 1.82) is 0 Å². The maximum Gasteiger partial charge on any atom is 0.0233 e. The highest BCUT2D eigenvalue weighted by Crippen LogP contribution is 2.18. The van der Waals surface area contributed by atoms with Crippen LogP contribution < -0.4 is 5.32 Å². The van der Waals surface area contributed by atoms with Gasteiger partial charge in [0.1, 0.15) is 0 Å². The molecule has 0 spiro atoms. The SMILES string of the molecule is c1ccc(CCNCC2CCN(Cc3ccccc3)CC2)cc1. The monoisotopic (exact) mass is 308 g/mol. The molecule has 0 aromatic heterocycles. The molecule has 1 saturated heterocycles. The highest BCUT2D eigenvalue weighted by atomic mass is 15.1. The number of hydrogen-bond donors (Lipinski definition) is 1. The lowest BCUT2D eigenvalue weighted by molar-refractivity contribution is 0.175. The second kappa shape index (κ2) is 8.85. The molecule has 2 nitrogen and oxygen atoms in total. The first-order valence-corrected chi connectivity index (χ1v) is 8.91. The van der Waals surface area contributed by atoms with Crippen LogP contribution in [0.5, 0.6) is 0 Å². The molecule has 3 rings (SSSR count). The maximum atomic E-state index is 3.65. The Hall–Kier alpha value is -1.64. The summed E-state index contributed by atoms with van der Waals surface area (Å²) in [6.45, 7) is 5.84. The summed E-state index contributed by atoms with van der Waals surface area (Å²) in [6.07, 6.45) is 3.78. The van der Waals surface area contributed by atoms with Gasteiger partial charge in [-0.2, -0.15) is 0 Å². The summed E-state index contributed by atoms with van der Waals surface area (Å²) in [7, 11) is 0. The molecule has 0 unspecified atom stereocenters. The van der Waals surface area contributed by atoms with Crippen LogP contribution in [0.4, 0.5) is 0 Å². The summed E-state index contributed by atoms with van der Waals surface area (Å²) in [5.41, 5.74) is 2.87. The van der Waals surface area contributed by atoms with E-state index in [9.17, 15) is 0 Å². The number of benzene rings is 2. The predicted molar refractivity (Wildman–Crippen MR) is 97.5 cm³/mol. The van der Waals surface area contributed by atoms with Gasteiger partial charge in [0.05, 0.1) is 0 Å². The second-order valence-corrected chi connectivity index (χ2v) is 6.64. The van der Waals surface area contributed by atoms with E-state index < -0.39 is 0 Å². The van der Waals surface area contributed by atoms with Crippen LogP contribution >= 0.6 is 0 Å². The summed E-state index contributed by atoms with van der Waals surface area (Å²) < 4.78 is 0. The largest absolute Gasteiger partial charge is 0.316 e. The van der Waals surface area contributed by atoms with E-state index in [1.54, 1.807) is 0 Å². The Morgan fingerprint density at radius 3 is 2.09 bits per heavy atom. The fourth-order valence-corrected chi connectivity index (χ4v) is 3.37. The van der Waals surface area contributed by atoms with E-state index in [1.165, 1.54) is 43.6 Å². The molecule has 2 aromatic carbocycles. The molecule has 1 N–H and O–H groups in total. The summed E-state index contributed by atoms with van der Waals surface area (Å²) in [6, 6.07) is 21.6. The Morgan fingerprint density at radius 1 is 0.826 bits per heavy atom. The van der Waals surface area contributed by atoms with Crippen molar-refractivity contribution in [2.24, 2.45) is 5.92 Å².